The summed E-state index contributed by atoms with van der Waals surface area (Å²) < 4.78 is 1.97. The van der Waals surface area contributed by atoms with E-state index in [9.17, 15) is 10.1 Å². The van der Waals surface area contributed by atoms with Crippen molar-refractivity contribution in [1.29, 1.82) is 0 Å². The lowest BCUT2D eigenvalue weighted by atomic mass is 10.2. The van der Waals surface area contributed by atoms with Crippen LogP contribution in [0.5, 0.6) is 0 Å². The summed E-state index contributed by atoms with van der Waals surface area (Å²) in [6.07, 6.45) is 4.81. The first-order valence-electron chi connectivity index (χ1n) is 6.01. The molecule has 2 aromatic heterocycles. The molecular formula is C12H15N5O2. The Labute approximate surface area is 110 Å². The van der Waals surface area contributed by atoms with Crippen molar-refractivity contribution in [2.45, 2.75) is 26.3 Å². The molecule has 0 radical (unpaired) electrons. The highest BCUT2D eigenvalue weighted by Gasteiger charge is 2.17. The molecule has 0 aromatic carbocycles. The number of hydrogen-bond acceptors (Lipinski definition) is 5. The van der Waals surface area contributed by atoms with Gasteiger partial charge in [0.1, 0.15) is 17.3 Å². The predicted molar refractivity (Wildman–Crippen MR) is 70.6 cm³/mol. The summed E-state index contributed by atoms with van der Waals surface area (Å²) in [6, 6.07) is 2.81. The maximum atomic E-state index is 11.0. The summed E-state index contributed by atoms with van der Waals surface area (Å²) in [5.41, 5.74) is 5.91. The third-order valence-electron chi connectivity index (χ3n) is 2.76. The number of pyridine rings is 1. The Morgan fingerprint density at radius 2 is 2.26 bits per heavy atom. The van der Waals surface area contributed by atoms with Gasteiger partial charge in [-0.1, -0.05) is 6.92 Å². The van der Waals surface area contributed by atoms with Crippen LogP contribution in [0.3, 0.4) is 0 Å². The van der Waals surface area contributed by atoms with Crippen molar-refractivity contribution in [2.75, 3.05) is 5.73 Å². The number of nitrogens with two attached hydrogens (primary N) is 1. The molecule has 0 bridgehead atoms. The zero-order chi connectivity index (χ0) is 13.8. The van der Waals surface area contributed by atoms with Crippen LogP contribution in [0.25, 0.3) is 0 Å². The summed E-state index contributed by atoms with van der Waals surface area (Å²) in [5, 5.41) is 11.0. The van der Waals surface area contributed by atoms with Gasteiger partial charge in [-0.05, 0) is 12.5 Å². The molecule has 100 valence electrons. The Hall–Kier alpha value is -2.44. The van der Waals surface area contributed by atoms with E-state index in [0.29, 0.717) is 12.1 Å². The average molecular weight is 261 g/mol. The van der Waals surface area contributed by atoms with Crippen LogP contribution in [0.2, 0.25) is 0 Å². The monoisotopic (exact) mass is 261 g/mol. The molecule has 0 atom stereocenters. The maximum absolute atomic E-state index is 11.0. The Balaban J connectivity index is 2.34. The molecule has 0 saturated carbocycles. The van der Waals surface area contributed by atoms with Crippen LogP contribution in [-0.2, 0) is 13.0 Å². The number of nitrogens with zero attached hydrogens (tertiary/aromatic N) is 4. The SMILES string of the molecule is CCCn1ccnc1Cc1nc(N)ccc1[N+](=O)[O-]. The first-order chi connectivity index (χ1) is 9.11. The van der Waals surface area contributed by atoms with Gasteiger partial charge in [0.15, 0.2) is 0 Å². The molecule has 0 fully saturated rings. The molecule has 2 N–H and O–H groups in total. The number of aromatic nitrogens is 3. The van der Waals surface area contributed by atoms with E-state index in [0.717, 1.165) is 18.8 Å². The van der Waals surface area contributed by atoms with Crippen molar-refractivity contribution < 1.29 is 4.92 Å². The topological polar surface area (TPSA) is 99.9 Å². The minimum absolute atomic E-state index is 0.0275. The minimum atomic E-state index is -0.450. The minimum Gasteiger partial charge on any atom is -0.384 e. The highest BCUT2D eigenvalue weighted by Crippen LogP contribution is 2.20. The van der Waals surface area contributed by atoms with Gasteiger partial charge in [-0.15, -0.1) is 0 Å². The van der Waals surface area contributed by atoms with Gasteiger partial charge in [0, 0.05) is 25.0 Å². The van der Waals surface area contributed by atoms with E-state index >= 15 is 0 Å². The standard InChI is InChI=1S/C12H15N5O2/c1-2-6-16-7-5-14-12(16)8-9-10(17(18)19)3-4-11(13)15-9/h3-5,7H,2,6,8H2,1H3,(H2,13,15). The lowest BCUT2D eigenvalue weighted by molar-refractivity contribution is -0.385. The van der Waals surface area contributed by atoms with Gasteiger partial charge in [0.05, 0.1) is 11.3 Å². The largest absolute Gasteiger partial charge is 0.384 e. The molecular weight excluding hydrogens is 246 g/mol. The quantitative estimate of drug-likeness (QED) is 0.653. The normalized spacial score (nSPS) is 10.6. The van der Waals surface area contributed by atoms with Gasteiger partial charge in [-0.25, -0.2) is 9.97 Å². The molecule has 19 heavy (non-hydrogen) atoms. The Kier molecular flexibility index (Phi) is 3.74. The second-order valence-electron chi connectivity index (χ2n) is 4.17. The molecule has 2 aromatic rings. The first kappa shape index (κ1) is 13.0. The zero-order valence-corrected chi connectivity index (χ0v) is 10.6. The summed E-state index contributed by atoms with van der Waals surface area (Å²) in [4.78, 5) is 18.8. The fourth-order valence-electron chi connectivity index (χ4n) is 1.91. The van der Waals surface area contributed by atoms with Gasteiger partial charge in [0.2, 0.25) is 0 Å². The van der Waals surface area contributed by atoms with E-state index in [1.54, 1.807) is 6.20 Å². The Morgan fingerprint density at radius 1 is 1.47 bits per heavy atom. The third-order valence-corrected chi connectivity index (χ3v) is 2.76. The average Bonchev–Trinajstić information content (AvgIpc) is 2.77. The van der Waals surface area contributed by atoms with E-state index < -0.39 is 4.92 Å². The molecule has 0 spiro atoms. The number of anilines is 1. The van der Waals surface area contributed by atoms with Gasteiger partial charge < -0.3 is 10.3 Å². The van der Waals surface area contributed by atoms with Gasteiger partial charge in [-0.2, -0.15) is 0 Å². The van der Waals surface area contributed by atoms with Crippen molar-refractivity contribution in [1.82, 2.24) is 14.5 Å². The number of imidazole rings is 1. The van der Waals surface area contributed by atoms with Crippen molar-refractivity contribution in [3.05, 3.63) is 46.2 Å². The summed E-state index contributed by atoms with van der Waals surface area (Å²) >= 11 is 0. The predicted octanol–water partition coefficient (Wildman–Crippen LogP) is 1.77. The van der Waals surface area contributed by atoms with Gasteiger partial charge >= 0.3 is 0 Å². The highest BCUT2D eigenvalue weighted by atomic mass is 16.6. The van der Waals surface area contributed by atoms with Crippen LogP contribution >= 0.6 is 0 Å². The number of aryl methyl sites for hydroxylation is 1. The molecule has 2 heterocycles. The second-order valence-corrected chi connectivity index (χ2v) is 4.17. The van der Waals surface area contributed by atoms with Gasteiger partial charge in [-0.3, -0.25) is 10.1 Å². The number of rotatable bonds is 5. The van der Waals surface area contributed by atoms with Crippen LogP contribution in [0, 0.1) is 10.1 Å². The first-order valence-corrected chi connectivity index (χ1v) is 6.01. The van der Waals surface area contributed by atoms with Crippen LogP contribution < -0.4 is 5.73 Å². The summed E-state index contributed by atoms with van der Waals surface area (Å²) in [6.45, 7) is 2.89. The molecule has 0 amide bonds. The highest BCUT2D eigenvalue weighted by molar-refractivity contribution is 5.43. The van der Waals surface area contributed by atoms with Gasteiger partial charge in [0.25, 0.3) is 5.69 Å². The van der Waals surface area contributed by atoms with Crippen LogP contribution in [0.4, 0.5) is 11.5 Å². The Morgan fingerprint density at radius 3 is 2.95 bits per heavy atom. The zero-order valence-electron chi connectivity index (χ0n) is 10.6. The number of nitro groups is 1. The number of hydrogen-bond donors (Lipinski definition) is 1. The smallest absolute Gasteiger partial charge is 0.291 e. The van der Waals surface area contributed by atoms with E-state index in [1.165, 1.54) is 12.1 Å². The molecule has 0 aliphatic rings. The molecule has 0 aliphatic heterocycles. The maximum Gasteiger partial charge on any atom is 0.291 e. The molecule has 0 unspecified atom stereocenters. The molecule has 7 nitrogen and oxygen atoms in total. The van der Waals surface area contributed by atoms with E-state index in [1.807, 2.05) is 10.8 Å². The van der Waals surface area contributed by atoms with Crippen molar-refractivity contribution in [2.24, 2.45) is 0 Å². The van der Waals surface area contributed by atoms with Crippen LogP contribution in [0.15, 0.2) is 24.5 Å². The molecule has 7 heteroatoms. The van der Waals surface area contributed by atoms with Crippen molar-refractivity contribution in [3.63, 3.8) is 0 Å². The second kappa shape index (κ2) is 5.47. The molecule has 0 aliphatic carbocycles. The Bertz CT molecular complexity index is 594. The fourth-order valence-corrected chi connectivity index (χ4v) is 1.91. The van der Waals surface area contributed by atoms with E-state index in [2.05, 4.69) is 16.9 Å². The van der Waals surface area contributed by atoms with E-state index in [-0.39, 0.29) is 11.5 Å². The lowest BCUT2D eigenvalue weighted by Crippen LogP contribution is -2.07. The van der Waals surface area contributed by atoms with Crippen LogP contribution in [0.1, 0.15) is 24.9 Å². The van der Waals surface area contributed by atoms with Crippen LogP contribution in [-0.4, -0.2) is 19.5 Å². The lowest BCUT2D eigenvalue weighted by Gasteiger charge is -2.06. The summed E-state index contributed by atoms with van der Waals surface area (Å²) in [5.74, 6) is 1.03. The fraction of sp³-hybridized carbons (Fsp3) is 0.333. The molecule has 2 rings (SSSR count). The summed E-state index contributed by atoms with van der Waals surface area (Å²) in [7, 11) is 0. The van der Waals surface area contributed by atoms with Crippen molar-refractivity contribution in [3.8, 4) is 0 Å². The number of nitrogen functional groups attached to an aromatic ring is 1. The molecule has 0 saturated heterocycles. The van der Waals surface area contributed by atoms with Crippen molar-refractivity contribution >= 4 is 11.5 Å². The van der Waals surface area contributed by atoms with E-state index in [4.69, 9.17) is 5.73 Å². The third kappa shape index (κ3) is 2.87.